The number of nitro benzene ring substituents is 1. The molecule has 1 aliphatic heterocycles. The molecule has 1 heterocycles. The average molecular weight is 545 g/mol. The smallest absolute Gasteiger partial charge is 0.279 e. The molecule has 3 aromatic carbocycles. The van der Waals surface area contributed by atoms with E-state index in [1.54, 1.807) is 30.3 Å². The summed E-state index contributed by atoms with van der Waals surface area (Å²) < 4.78 is 59.9. The standard InChI is InChI=1S/C24H24N4O7S2/c1-3-36(31,32)26-19-8-4-6-17(14-19)23-16-24(18-7-5-9-20(15-18)28(29)30)27(25-23)37(33,34)22-12-10-21(35-2)11-13-22/h4-15,24,26H,3,16H2,1-2H3/t24-/m0/s1. The molecule has 194 valence electrons. The maximum absolute atomic E-state index is 13.7. The summed E-state index contributed by atoms with van der Waals surface area (Å²) in [6, 6.07) is 17.2. The van der Waals surface area contributed by atoms with Crippen LogP contribution in [0.3, 0.4) is 0 Å². The minimum atomic E-state index is -4.17. The third-order valence-electron chi connectivity index (χ3n) is 5.79. The maximum atomic E-state index is 13.7. The number of methoxy groups -OCH3 is 1. The van der Waals surface area contributed by atoms with Crippen molar-refractivity contribution in [1.29, 1.82) is 0 Å². The molecule has 0 radical (unpaired) electrons. The van der Waals surface area contributed by atoms with Gasteiger partial charge in [0, 0.05) is 24.2 Å². The first-order chi connectivity index (χ1) is 17.5. The van der Waals surface area contributed by atoms with Gasteiger partial charge < -0.3 is 4.74 Å². The van der Waals surface area contributed by atoms with Crippen LogP contribution in [0.2, 0.25) is 0 Å². The van der Waals surface area contributed by atoms with Crippen molar-refractivity contribution in [3.05, 3.63) is 94.0 Å². The summed E-state index contributed by atoms with van der Waals surface area (Å²) in [4.78, 5) is 10.8. The number of hydrazone groups is 1. The molecule has 0 aromatic heterocycles. The summed E-state index contributed by atoms with van der Waals surface area (Å²) in [6.07, 6.45) is 0.112. The molecule has 1 aliphatic rings. The first-order valence-corrected chi connectivity index (χ1v) is 14.2. The number of sulfonamides is 2. The van der Waals surface area contributed by atoms with E-state index < -0.39 is 31.0 Å². The maximum Gasteiger partial charge on any atom is 0.279 e. The van der Waals surface area contributed by atoms with Gasteiger partial charge in [0.25, 0.3) is 15.7 Å². The molecule has 11 nitrogen and oxygen atoms in total. The van der Waals surface area contributed by atoms with Gasteiger partial charge in [0.2, 0.25) is 10.0 Å². The normalized spacial score (nSPS) is 15.8. The molecular formula is C24H24N4O7S2. The van der Waals surface area contributed by atoms with E-state index in [1.165, 1.54) is 56.5 Å². The topological polar surface area (TPSA) is 148 Å². The molecule has 0 saturated carbocycles. The number of hydrogen-bond acceptors (Lipinski definition) is 8. The van der Waals surface area contributed by atoms with Gasteiger partial charge >= 0.3 is 0 Å². The molecule has 0 amide bonds. The third kappa shape index (κ3) is 5.57. The molecule has 1 atom stereocenters. The molecule has 13 heteroatoms. The van der Waals surface area contributed by atoms with Crippen LogP contribution in [0.1, 0.15) is 30.5 Å². The van der Waals surface area contributed by atoms with Gasteiger partial charge in [-0.25, -0.2) is 8.42 Å². The van der Waals surface area contributed by atoms with Crippen LogP contribution in [0, 0.1) is 10.1 Å². The highest BCUT2D eigenvalue weighted by atomic mass is 32.2. The molecule has 0 bridgehead atoms. The molecule has 4 rings (SSSR count). The van der Waals surface area contributed by atoms with Crippen molar-refractivity contribution >= 4 is 37.1 Å². The Balaban J connectivity index is 1.79. The summed E-state index contributed by atoms with van der Waals surface area (Å²) in [5, 5.41) is 15.8. The van der Waals surface area contributed by atoms with Gasteiger partial charge in [0.05, 0.1) is 34.4 Å². The first kappa shape index (κ1) is 26.1. The lowest BCUT2D eigenvalue weighted by atomic mass is 9.98. The van der Waals surface area contributed by atoms with Crippen molar-refractivity contribution < 1.29 is 26.5 Å². The number of nitro groups is 1. The van der Waals surface area contributed by atoms with E-state index in [0.717, 1.165) is 4.41 Å². The number of anilines is 1. The van der Waals surface area contributed by atoms with Crippen LogP contribution < -0.4 is 9.46 Å². The Hall–Kier alpha value is -3.97. The number of ether oxygens (including phenoxy) is 1. The predicted octanol–water partition coefficient (Wildman–Crippen LogP) is 3.91. The van der Waals surface area contributed by atoms with Gasteiger partial charge in [-0.2, -0.15) is 17.9 Å². The van der Waals surface area contributed by atoms with Crippen LogP contribution in [0.15, 0.2) is 82.8 Å². The first-order valence-electron chi connectivity index (χ1n) is 11.2. The van der Waals surface area contributed by atoms with Crippen molar-refractivity contribution in [2.24, 2.45) is 5.10 Å². The molecule has 0 fully saturated rings. The van der Waals surface area contributed by atoms with E-state index in [1.807, 2.05) is 0 Å². The highest BCUT2D eigenvalue weighted by molar-refractivity contribution is 7.92. The zero-order chi connectivity index (χ0) is 26.8. The van der Waals surface area contributed by atoms with Gasteiger partial charge in [-0.3, -0.25) is 14.8 Å². The molecule has 0 saturated heterocycles. The quantitative estimate of drug-likeness (QED) is 0.317. The molecule has 3 aromatic rings. The van der Waals surface area contributed by atoms with Gasteiger partial charge in [-0.1, -0.05) is 24.3 Å². The largest absolute Gasteiger partial charge is 0.497 e. The Morgan fingerprint density at radius 3 is 2.41 bits per heavy atom. The Kier molecular flexibility index (Phi) is 7.18. The summed E-state index contributed by atoms with van der Waals surface area (Å²) in [7, 11) is -6.23. The van der Waals surface area contributed by atoms with E-state index in [-0.39, 0.29) is 22.8 Å². The number of nitrogens with zero attached hydrogens (tertiary/aromatic N) is 3. The fraction of sp³-hybridized carbons (Fsp3) is 0.208. The lowest BCUT2D eigenvalue weighted by Crippen LogP contribution is -2.27. The highest BCUT2D eigenvalue weighted by Gasteiger charge is 2.38. The van der Waals surface area contributed by atoms with Crippen molar-refractivity contribution in [3.63, 3.8) is 0 Å². The molecule has 1 N–H and O–H groups in total. The summed E-state index contributed by atoms with van der Waals surface area (Å²) in [5.41, 5.74) is 1.42. The SMILES string of the molecule is CCS(=O)(=O)Nc1cccc(C2=NN(S(=O)(=O)c3ccc(OC)cc3)[C@H](c3cccc([N+](=O)[O-])c3)C2)c1. The fourth-order valence-electron chi connectivity index (χ4n) is 3.85. The van der Waals surface area contributed by atoms with Crippen molar-refractivity contribution in [1.82, 2.24) is 4.41 Å². The highest BCUT2D eigenvalue weighted by Crippen LogP contribution is 2.38. The molecule has 0 unspecified atom stereocenters. The van der Waals surface area contributed by atoms with E-state index in [2.05, 4.69) is 9.82 Å². The van der Waals surface area contributed by atoms with Crippen molar-refractivity contribution in [3.8, 4) is 5.75 Å². The van der Waals surface area contributed by atoms with E-state index >= 15 is 0 Å². The number of hydrogen-bond donors (Lipinski definition) is 1. The van der Waals surface area contributed by atoms with Gasteiger partial charge in [0.1, 0.15) is 5.75 Å². The fourth-order valence-corrected chi connectivity index (χ4v) is 5.91. The van der Waals surface area contributed by atoms with Crippen LogP contribution in [-0.4, -0.2) is 44.7 Å². The Bertz CT molecular complexity index is 1570. The second-order valence-electron chi connectivity index (χ2n) is 8.16. The Morgan fingerprint density at radius 2 is 1.76 bits per heavy atom. The average Bonchev–Trinajstić information content (AvgIpc) is 3.35. The van der Waals surface area contributed by atoms with Crippen LogP contribution >= 0.6 is 0 Å². The number of nitrogens with one attached hydrogen (secondary N) is 1. The lowest BCUT2D eigenvalue weighted by Gasteiger charge is -2.23. The molecular weight excluding hydrogens is 520 g/mol. The van der Waals surface area contributed by atoms with E-state index in [0.29, 0.717) is 28.3 Å². The van der Waals surface area contributed by atoms with Crippen LogP contribution in [-0.2, 0) is 20.0 Å². The van der Waals surface area contributed by atoms with Crippen molar-refractivity contribution in [2.45, 2.75) is 24.3 Å². The predicted molar refractivity (Wildman–Crippen MR) is 139 cm³/mol. The van der Waals surface area contributed by atoms with E-state index in [4.69, 9.17) is 4.74 Å². The van der Waals surface area contributed by atoms with E-state index in [9.17, 15) is 26.9 Å². The molecule has 0 spiro atoms. The van der Waals surface area contributed by atoms with Gasteiger partial charge in [-0.05, 0) is 54.4 Å². The molecule has 37 heavy (non-hydrogen) atoms. The van der Waals surface area contributed by atoms with Gasteiger partial charge in [0.15, 0.2) is 0 Å². The minimum absolute atomic E-state index is 0.0295. The Labute approximate surface area is 214 Å². The van der Waals surface area contributed by atoms with Crippen molar-refractivity contribution in [2.75, 3.05) is 17.6 Å². The monoisotopic (exact) mass is 544 g/mol. The third-order valence-corrected chi connectivity index (χ3v) is 8.79. The summed E-state index contributed by atoms with van der Waals surface area (Å²) >= 11 is 0. The molecule has 0 aliphatic carbocycles. The number of rotatable bonds is 9. The Morgan fingerprint density at radius 1 is 1.05 bits per heavy atom. The summed E-state index contributed by atoms with van der Waals surface area (Å²) in [6.45, 7) is 1.51. The number of benzene rings is 3. The number of non-ortho nitro benzene ring substituents is 1. The van der Waals surface area contributed by atoms with Gasteiger partial charge in [-0.15, -0.1) is 0 Å². The lowest BCUT2D eigenvalue weighted by molar-refractivity contribution is -0.384. The second-order valence-corrected chi connectivity index (χ2v) is 12.0. The zero-order valence-electron chi connectivity index (χ0n) is 19.9. The minimum Gasteiger partial charge on any atom is -0.497 e. The summed E-state index contributed by atoms with van der Waals surface area (Å²) in [5.74, 6) is 0.368. The zero-order valence-corrected chi connectivity index (χ0v) is 21.6. The van der Waals surface area contributed by atoms with Crippen LogP contribution in [0.4, 0.5) is 11.4 Å². The van der Waals surface area contributed by atoms with Crippen LogP contribution in [0.25, 0.3) is 0 Å². The van der Waals surface area contributed by atoms with Crippen LogP contribution in [0.5, 0.6) is 5.75 Å². The second kappa shape index (κ2) is 10.2.